The molecule has 0 aliphatic rings. The number of rotatable bonds is 5. The monoisotopic (exact) mass is 368 g/mol. The molecule has 3 aromatic rings. The third-order valence-corrected chi connectivity index (χ3v) is 4.04. The first-order chi connectivity index (χ1) is 12.8. The van der Waals surface area contributed by atoms with Gasteiger partial charge in [0.05, 0.1) is 4.92 Å². The van der Waals surface area contributed by atoms with Crippen LogP contribution >= 0.6 is 0 Å². The van der Waals surface area contributed by atoms with Crippen LogP contribution in [0.25, 0.3) is 11.0 Å². The second-order valence-corrected chi connectivity index (χ2v) is 6.24. The Morgan fingerprint density at radius 2 is 1.93 bits per heavy atom. The van der Waals surface area contributed by atoms with Crippen molar-refractivity contribution in [1.29, 1.82) is 0 Å². The van der Waals surface area contributed by atoms with Crippen molar-refractivity contribution >= 4 is 22.6 Å². The topological polar surface area (TPSA) is 126 Å². The number of nitrogens with zero attached hydrogens (tertiary/aromatic N) is 1. The Kier molecular flexibility index (Phi) is 4.64. The van der Waals surface area contributed by atoms with Gasteiger partial charge < -0.3 is 14.9 Å². The van der Waals surface area contributed by atoms with E-state index in [1.165, 1.54) is 24.3 Å². The zero-order valence-corrected chi connectivity index (χ0v) is 14.6. The van der Waals surface area contributed by atoms with Crippen LogP contribution in [0.5, 0.6) is 11.5 Å². The van der Waals surface area contributed by atoms with Crippen LogP contribution in [0, 0.1) is 10.1 Å². The van der Waals surface area contributed by atoms with Crippen molar-refractivity contribution in [1.82, 2.24) is 0 Å². The Labute approximate surface area is 153 Å². The molecule has 3 rings (SSSR count). The van der Waals surface area contributed by atoms with E-state index in [4.69, 9.17) is 14.9 Å². The fourth-order valence-electron chi connectivity index (χ4n) is 2.74. The first kappa shape index (κ1) is 18.1. The number of carbonyl (C=O) groups excluding carboxylic acids is 1. The van der Waals surface area contributed by atoms with Gasteiger partial charge in [0.15, 0.2) is 0 Å². The molecule has 27 heavy (non-hydrogen) atoms. The lowest BCUT2D eigenvalue weighted by atomic mass is 10.00. The Morgan fingerprint density at radius 3 is 2.56 bits per heavy atom. The number of nitrogens with two attached hydrogens (primary N) is 1. The molecule has 0 atom stereocenters. The van der Waals surface area contributed by atoms with Gasteiger partial charge in [-0.3, -0.25) is 14.9 Å². The maximum atomic E-state index is 11.8. The van der Waals surface area contributed by atoms with E-state index in [1.807, 2.05) is 13.8 Å². The zero-order chi connectivity index (χ0) is 19.7. The summed E-state index contributed by atoms with van der Waals surface area (Å²) in [4.78, 5) is 33.6. The second kappa shape index (κ2) is 6.91. The van der Waals surface area contributed by atoms with E-state index in [2.05, 4.69) is 0 Å². The Morgan fingerprint density at radius 1 is 1.19 bits per heavy atom. The fourth-order valence-corrected chi connectivity index (χ4v) is 2.74. The SMILES string of the molecule is CC(C)c1cc(=O)oc2cc(Oc3ccc(C(N)=O)cc3[N+](=O)[O-])ccc12. The maximum absolute atomic E-state index is 11.8. The summed E-state index contributed by atoms with van der Waals surface area (Å²) in [5.41, 5.74) is 5.43. The molecule has 0 spiro atoms. The van der Waals surface area contributed by atoms with Crippen LogP contribution in [0.3, 0.4) is 0 Å². The average Bonchev–Trinajstić information content (AvgIpc) is 2.60. The molecular weight excluding hydrogens is 352 g/mol. The molecule has 0 fully saturated rings. The first-order valence-corrected chi connectivity index (χ1v) is 8.10. The largest absolute Gasteiger partial charge is 0.450 e. The molecule has 2 aromatic carbocycles. The minimum absolute atomic E-state index is 0.000123. The highest BCUT2D eigenvalue weighted by molar-refractivity contribution is 5.93. The van der Waals surface area contributed by atoms with Gasteiger partial charge in [-0.25, -0.2) is 4.79 Å². The Hall–Kier alpha value is -3.68. The maximum Gasteiger partial charge on any atom is 0.336 e. The van der Waals surface area contributed by atoms with Crippen LogP contribution in [0.2, 0.25) is 0 Å². The number of nitro benzene ring substituents is 1. The van der Waals surface area contributed by atoms with E-state index in [0.717, 1.165) is 17.0 Å². The van der Waals surface area contributed by atoms with Gasteiger partial charge in [0.25, 0.3) is 0 Å². The van der Waals surface area contributed by atoms with E-state index in [1.54, 1.807) is 12.1 Å². The second-order valence-electron chi connectivity index (χ2n) is 6.24. The highest BCUT2D eigenvalue weighted by Gasteiger charge is 2.19. The molecule has 0 aliphatic heterocycles. The van der Waals surface area contributed by atoms with E-state index < -0.39 is 22.1 Å². The molecular formula is C19H16N2O6. The number of carbonyl (C=O) groups is 1. The van der Waals surface area contributed by atoms with Crippen LogP contribution < -0.4 is 16.1 Å². The van der Waals surface area contributed by atoms with Gasteiger partial charge in [0.2, 0.25) is 11.7 Å². The third-order valence-electron chi connectivity index (χ3n) is 4.04. The Balaban J connectivity index is 2.06. The average molecular weight is 368 g/mol. The van der Waals surface area contributed by atoms with Gasteiger partial charge in [-0.05, 0) is 35.7 Å². The van der Waals surface area contributed by atoms with Crippen molar-refractivity contribution < 1.29 is 18.9 Å². The molecule has 0 unspecified atom stereocenters. The summed E-state index contributed by atoms with van der Waals surface area (Å²) in [6.45, 7) is 3.92. The smallest absolute Gasteiger partial charge is 0.336 e. The van der Waals surface area contributed by atoms with Crippen LogP contribution in [0.1, 0.15) is 35.7 Å². The molecule has 1 amide bonds. The number of hydrogen-bond donors (Lipinski definition) is 1. The highest BCUT2D eigenvalue weighted by atomic mass is 16.6. The van der Waals surface area contributed by atoms with Crippen molar-refractivity contribution in [3.8, 4) is 11.5 Å². The molecule has 1 aromatic heterocycles. The molecule has 138 valence electrons. The predicted octanol–water partition coefficient (Wildman–Crippen LogP) is 3.72. The number of fused-ring (bicyclic) bond motifs is 1. The number of ether oxygens (including phenoxy) is 1. The summed E-state index contributed by atoms with van der Waals surface area (Å²) < 4.78 is 10.8. The summed E-state index contributed by atoms with van der Waals surface area (Å²) in [5, 5.41) is 12.0. The van der Waals surface area contributed by atoms with E-state index >= 15 is 0 Å². The number of benzene rings is 2. The molecule has 2 N–H and O–H groups in total. The van der Waals surface area contributed by atoms with Gasteiger partial charge in [0, 0.05) is 29.1 Å². The minimum Gasteiger partial charge on any atom is -0.450 e. The van der Waals surface area contributed by atoms with E-state index in [-0.39, 0.29) is 23.0 Å². The fraction of sp³-hybridized carbons (Fsp3) is 0.158. The zero-order valence-electron chi connectivity index (χ0n) is 14.6. The standard InChI is InChI=1S/C19H16N2O6/c1-10(2)14-9-18(22)27-17-8-12(4-5-13(14)17)26-16-6-3-11(19(20)23)7-15(16)21(24)25/h3-10H,1-2H3,(H2,20,23). The molecule has 0 saturated carbocycles. The first-order valence-electron chi connectivity index (χ1n) is 8.10. The molecule has 0 aliphatic carbocycles. The van der Waals surface area contributed by atoms with Crippen LogP contribution in [0.4, 0.5) is 5.69 Å². The van der Waals surface area contributed by atoms with Crippen molar-refractivity contribution in [3.63, 3.8) is 0 Å². The summed E-state index contributed by atoms with van der Waals surface area (Å²) in [6, 6.07) is 9.98. The summed E-state index contributed by atoms with van der Waals surface area (Å²) in [5.74, 6) is -0.475. The number of primary amides is 1. The van der Waals surface area contributed by atoms with Gasteiger partial charge in [-0.15, -0.1) is 0 Å². The summed E-state index contributed by atoms with van der Waals surface area (Å²) >= 11 is 0. The van der Waals surface area contributed by atoms with E-state index in [0.29, 0.717) is 5.58 Å². The van der Waals surface area contributed by atoms with Gasteiger partial charge in [-0.2, -0.15) is 0 Å². The van der Waals surface area contributed by atoms with E-state index in [9.17, 15) is 19.7 Å². The molecule has 1 heterocycles. The number of nitro groups is 1. The van der Waals surface area contributed by atoms with Crippen molar-refractivity contribution in [2.24, 2.45) is 5.73 Å². The van der Waals surface area contributed by atoms with Gasteiger partial charge in [-0.1, -0.05) is 13.8 Å². The highest BCUT2D eigenvalue weighted by Crippen LogP contribution is 2.34. The lowest BCUT2D eigenvalue weighted by Gasteiger charge is -2.11. The molecule has 0 radical (unpaired) electrons. The van der Waals surface area contributed by atoms with Crippen molar-refractivity contribution in [3.05, 3.63) is 74.1 Å². The molecule has 0 bridgehead atoms. The lowest BCUT2D eigenvalue weighted by molar-refractivity contribution is -0.385. The van der Waals surface area contributed by atoms with Gasteiger partial charge in [0.1, 0.15) is 11.3 Å². The van der Waals surface area contributed by atoms with Crippen molar-refractivity contribution in [2.75, 3.05) is 0 Å². The predicted molar refractivity (Wildman–Crippen MR) is 98.3 cm³/mol. The van der Waals surface area contributed by atoms with Crippen molar-refractivity contribution in [2.45, 2.75) is 19.8 Å². The van der Waals surface area contributed by atoms with Crippen LogP contribution in [0.15, 0.2) is 51.7 Å². The third kappa shape index (κ3) is 3.64. The molecule has 8 heteroatoms. The summed E-state index contributed by atoms with van der Waals surface area (Å²) in [6.07, 6.45) is 0. The number of hydrogen-bond acceptors (Lipinski definition) is 6. The quantitative estimate of drug-likeness (QED) is 0.415. The molecule has 8 nitrogen and oxygen atoms in total. The summed E-state index contributed by atoms with van der Waals surface area (Å²) in [7, 11) is 0. The number of amides is 1. The van der Waals surface area contributed by atoms with Gasteiger partial charge >= 0.3 is 11.3 Å². The Bertz CT molecular complexity index is 1120. The van der Waals surface area contributed by atoms with Crippen LogP contribution in [-0.2, 0) is 0 Å². The lowest BCUT2D eigenvalue weighted by Crippen LogP contribution is -2.11. The minimum atomic E-state index is -0.779. The normalized spacial score (nSPS) is 10.9. The molecule has 0 saturated heterocycles. The van der Waals surface area contributed by atoms with Crippen LogP contribution in [-0.4, -0.2) is 10.8 Å².